The van der Waals surface area contributed by atoms with Crippen LogP contribution in [0.2, 0.25) is 0 Å². The van der Waals surface area contributed by atoms with E-state index in [-0.39, 0.29) is 0 Å². The Morgan fingerprint density at radius 2 is 2.21 bits per heavy atom. The highest BCUT2D eigenvalue weighted by Crippen LogP contribution is 2.48. The summed E-state index contributed by atoms with van der Waals surface area (Å²) >= 11 is 1.94. The highest BCUT2D eigenvalue weighted by atomic mass is 32.2. The molecule has 2 nitrogen and oxygen atoms in total. The van der Waals surface area contributed by atoms with Crippen LogP contribution in [0.15, 0.2) is 16.5 Å². The molecule has 1 aromatic rings. The zero-order valence-electron chi connectivity index (χ0n) is 8.32. The fourth-order valence-corrected chi connectivity index (χ4v) is 3.03. The molecule has 76 valence electrons. The molecular weight excluding hydrogens is 194 g/mol. The van der Waals surface area contributed by atoms with Crippen molar-refractivity contribution in [3.05, 3.63) is 23.7 Å². The van der Waals surface area contributed by atoms with E-state index in [9.17, 15) is 0 Å². The fraction of sp³-hybridized carbons (Fsp3) is 0.636. The first-order valence-corrected chi connectivity index (χ1v) is 6.34. The topological polar surface area (TPSA) is 25.2 Å². The number of thioether (sulfide) groups is 1. The zero-order chi connectivity index (χ0) is 9.54. The predicted molar refractivity (Wildman–Crippen MR) is 58.4 cm³/mol. The lowest BCUT2D eigenvalue weighted by Gasteiger charge is -2.04. The SMILES string of the molecule is CC1CC1c1ccc(C2NCCS2)o1. The Morgan fingerprint density at radius 3 is 2.86 bits per heavy atom. The molecule has 3 unspecified atom stereocenters. The lowest BCUT2D eigenvalue weighted by Crippen LogP contribution is -2.11. The molecule has 0 spiro atoms. The van der Waals surface area contributed by atoms with Crippen LogP contribution < -0.4 is 5.32 Å². The average molecular weight is 209 g/mol. The molecular formula is C11H15NOS. The zero-order valence-corrected chi connectivity index (χ0v) is 9.14. The third-order valence-corrected chi connectivity index (χ3v) is 4.27. The molecule has 2 aliphatic rings. The van der Waals surface area contributed by atoms with Crippen LogP contribution >= 0.6 is 11.8 Å². The van der Waals surface area contributed by atoms with Crippen molar-refractivity contribution in [2.24, 2.45) is 5.92 Å². The molecule has 1 saturated carbocycles. The molecule has 1 N–H and O–H groups in total. The van der Waals surface area contributed by atoms with Crippen LogP contribution in [0, 0.1) is 5.92 Å². The smallest absolute Gasteiger partial charge is 0.131 e. The van der Waals surface area contributed by atoms with Gasteiger partial charge in [-0.2, -0.15) is 0 Å². The summed E-state index contributed by atoms with van der Waals surface area (Å²) < 4.78 is 5.88. The number of rotatable bonds is 2. The molecule has 0 radical (unpaired) electrons. The van der Waals surface area contributed by atoms with Gasteiger partial charge in [0.15, 0.2) is 0 Å². The normalized spacial score (nSPS) is 36.2. The van der Waals surface area contributed by atoms with Gasteiger partial charge in [-0.05, 0) is 24.5 Å². The lowest BCUT2D eigenvalue weighted by molar-refractivity contribution is 0.447. The van der Waals surface area contributed by atoms with Gasteiger partial charge in [-0.1, -0.05) is 6.92 Å². The third-order valence-electron chi connectivity index (χ3n) is 3.10. The molecule has 3 heteroatoms. The van der Waals surface area contributed by atoms with Gasteiger partial charge in [-0.15, -0.1) is 11.8 Å². The molecule has 3 atom stereocenters. The van der Waals surface area contributed by atoms with Gasteiger partial charge in [0.2, 0.25) is 0 Å². The molecule has 1 aromatic heterocycles. The molecule has 0 bridgehead atoms. The van der Waals surface area contributed by atoms with Crippen molar-refractivity contribution in [1.82, 2.24) is 5.32 Å². The molecule has 1 saturated heterocycles. The fourth-order valence-electron chi connectivity index (χ4n) is 2.04. The van der Waals surface area contributed by atoms with E-state index in [1.165, 1.54) is 17.9 Å². The van der Waals surface area contributed by atoms with Crippen molar-refractivity contribution in [1.29, 1.82) is 0 Å². The van der Waals surface area contributed by atoms with E-state index in [1.54, 1.807) is 0 Å². The van der Waals surface area contributed by atoms with Crippen molar-refractivity contribution >= 4 is 11.8 Å². The van der Waals surface area contributed by atoms with E-state index >= 15 is 0 Å². The quantitative estimate of drug-likeness (QED) is 0.810. The predicted octanol–water partition coefficient (Wildman–Crippen LogP) is 2.74. The van der Waals surface area contributed by atoms with Crippen LogP contribution in [-0.2, 0) is 0 Å². The summed E-state index contributed by atoms with van der Waals surface area (Å²) in [5, 5.41) is 3.83. The minimum atomic E-state index is 0.401. The molecule has 1 aliphatic carbocycles. The monoisotopic (exact) mass is 209 g/mol. The largest absolute Gasteiger partial charge is 0.463 e. The van der Waals surface area contributed by atoms with E-state index in [0.29, 0.717) is 11.3 Å². The van der Waals surface area contributed by atoms with Crippen molar-refractivity contribution in [2.45, 2.75) is 24.6 Å². The summed E-state index contributed by atoms with van der Waals surface area (Å²) in [6.07, 6.45) is 1.30. The maximum Gasteiger partial charge on any atom is 0.131 e. The Bertz CT molecular complexity index is 330. The number of nitrogens with one attached hydrogen (secondary N) is 1. The van der Waals surface area contributed by atoms with Crippen LogP contribution in [0.25, 0.3) is 0 Å². The minimum absolute atomic E-state index is 0.401. The highest BCUT2D eigenvalue weighted by Gasteiger charge is 2.37. The Balaban J connectivity index is 1.76. The first kappa shape index (κ1) is 8.86. The summed E-state index contributed by atoms with van der Waals surface area (Å²) in [6.45, 7) is 3.39. The molecule has 1 aliphatic heterocycles. The van der Waals surface area contributed by atoms with Gasteiger partial charge in [0, 0.05) is 18.2 Å². The highest BCUT2D eigenvalue weighted by molar-refractivity contribution is 7.99. The molecule has 2 fully saturated rings. The van der Waals surface area contributed by atoms with Crippen molar-refractivity contribution < 1.29 is 4.42 Å². The summed E-state index contributed by atoms with van der Waals surface area (Å²) in [4.78, 5) is 0. The number of hydrogen-bond donors (Lipinski definition) is 1. The van der Waals surface area contributed by atoms with Gasteiger partial charge >= 0.3 is 0 Å². The Hall–Kier alpha value is -0.410. The molecule has 0 amide bonds. The van der Waals surface area contributed by atoms with E-state index < -0.39 is 0 Å². The second-order valence-electron chi connectivity index (χ2n) is 4.26. The van der Waals surface area contributed by atoms with Gasteiger partial charge in [-0.3, -0.25) is 5.32 Å². The molecule has 2 heterocycles. The molecule has 14 heavy (non-hydrogen) atoms. The summed E-state index contributed by atoms with van der Waals surface area (Å²) in [5.41, 5.74) is 0. The van der Waals surface area contributed by atoms with Crippen molar-refractivity contribution in [3.8, 4) is 0 Å². The van der Waals surface area contributed by atoms with E-state index in [4.69, 9.17) is 4.42 Å². The van der Waals surface area contributed by atoms with Gasteiger partial charge in [-0.25, -0.2) is 0 Å². The summed E-state index contributed by atoms with van der Waals surface area (Å²) in [7, 11) is 0. The Morgan fingerprint density at radius 1 is 1.43 bits per heavy atom. The standard InChI is InChI=1S/C11H15NOS/c1-7-6-8(7)9-2-3-10(13-9)11-12-4-5-14-11/h2-3,7-8,11-12H,4-6H2,1H3. The molecule has 3 rings (SSSR count). The van der Waals surface area contributed by atoms with Gasteiger partial charge < -0.3 is 4.42 Å². The van der Waals surface area contributed by atoms with Crippen LogP contribution in [-0.4, -0.2) is 12.3 Å². The summed E-state index contributed by atoms with van der Waals surface area (Å²) in [6, 6.07) is 4.29. The van der Waals surface area contributed by atoms with E-state index in [0.717, 1.165) is 18.2 Å². The van der Waals surface area contributed by atoms with Crippen molar-refractivity contribution in [2.75, 3.05) is 12.3 Å². The Kier molecular flexibility index (Phi) is 2.10. The Labute approximate surface area is 88.4 Å². The number of furan rings is 1. The molecule has 0 aromatic carbocycles. The van der Waals surface area contributed by atoms with Crippen molar-refractivity contribution in [3.63, 3.8) is 0 Å². The third kappa shape index (κ3) is 1.48. The van der Waals surface area contributed by atoms with Crippen LogP contribution in [0.1, 0.15) is 36.2 Å². The van der Waals surface area contributed by atoms with Gasteiger partial charge in [0.1, 0.15) is 16.9 Å². The minimum Gasteiger partial charge on any atom is -0.463 e. The summed E-state index contributed by atoms with van der Waals surface area (Å²) in [5.74, 6) is 5.04. The van der Waals surface area contributed by atoms with Gasteiger partial charge in [0.25, 0.3) is 0 Å². The maximum absolute atomic E-state index is 5.88. The first-order chi connectivity index (χ1) is 6.84. The first-order valence-electron chi connectivity index (χ1n) is 5.29. The average Bonchev–Trinajstić information content (AvgIpc) is 2.72. The second kappa shape index (κ2) is 3.31. The van der Waals surface area contributed by atoms with Crippen LogP contribution in [0.4, 0.5) is 0 Å². The van der Waals surface area contributed by atoms with Crippen LogP contribution in [0.5, 0.6) is 0 Å². The number of hydrogen-bond acceptors (Lipinski definition) is 3. The van der Waals surface area contributed by atoms with E-state index in [2.05, 4.69) is 24.4 Å². The van der Waals surface area contributed by atoms with Crippen LogP contribution in [0.3, 0.4) is 0 Å². The maximum atomic E-state index is 5.88. The van der Waals surface area contributed by atoms with E-state index in [1.807, 2.05) is 11.8 Å². The lowest BCUT2D eigenvalue weighted by atomic mass is 10.3. The van der Waals surface area contributed by atoms with Gasteiger partial charge in [0.05, 0.1) is 0 Å². The second-order valence-corrected chi connectivity index (χ2v) is 5.48.